The first kappa shape index (κ1) is 34.9. The third-order valence-electron chi connectivity index (χ3n) is 5.78. The van der Waals surface area contributed by atoms with Crippen LogP contribution in [0.5, 0.6) is 0 Å². The molecule has 0 bridgehead atoms. The summed E-state index contributed by atoms with van der Waals surface area (Å²) in [6.07, 6.45) is 16.1. The van der Waals surface area contributed by atoms with Crippen LogP contribution in [0.3, 0.4) is 0 Å². The highest BCUT2D eigenvalue weighted by molar-refractivity contribution is 7.99. The number of rotatable bonds is 25. The van der Waals surface area contributed by atoms with Crippen molar-refractivity contribution in [2.45, 2.75) is 110 Å². The lowest BCUT2D eigenvalue weighted by Crippen LogP contribution is -2.40. The highest BCUT2D eigenvalue weighted by atomic mass is 32.2. The molecule has 0 aliphatic carbocycles. The van der Waals surface area contributed by atoms with Gasteiger partial charge in [0.25, 0.3) is 7.82 Å². The van der Waals surface area contributed by atoms with Crippen LogP contribution in [0, 0.1) is 0 Å². The van der Waals surface area contributed by atoms with E-state index in [1.54, 1.807) is 11.8 Å². The summed E-state index contributed by atoms with van der Waals surface area (Å²) >= 11 is 1.74. The van der Waals surface area contributed by atoms with E-state index in [9.17, 15) is 14.3 Å². The Morgan fingerprint density at radius 3 is 2.00 bits per heavy atom. The standard InChI is InChI=1S/C26H55N2O5PS/c1-6-8-10-12-13-14-15-16-17-19-26(29)27-25(24-35-22-18-11-9-7-2)23-33-34(30,31)32-21-20-28(3,4)5/h25H,6-24H2,1-5H3,(H-,27,29,30,31)/t25-/m0/s1. The van der Waals surface area contributed by atoms with Crippen molar-refractivity contribution in [3.8, 4) is 0 Å². The van der Waals surface area contributed by atoms with Crippen molar-refractivity contribution < 1.29 is 27.8 Å². The lowest BCUT2D eigenvalue weighted by molar-refractivity contribution is -0.870. The molecule has 0 aliphatic heterocycles. The van der Waals surface area contributed by atoms with Gasteiger partial charge >= 0.3 is 0 Å². The molecule has 0 aromatic carbocycles. The van der Waals surface area contributed by atoms with Gasteiger partial charge < -0.3 is 23.7 Å². The van der Waals surface area contributed by atoms with Crippen molar-refractivity contribution in [1.29, 1.82) is 0 Å². The minimum absolute atomic E-state index is 0.0280. The van der Waals surface area contributed by atoms with E-state index in [4.69, 9.17) is 9.05 Å². The zero-order valence-corrected chi connectivity index (χ0v) is 25.1. The summed E-state index contributed by atoms with van der Waals surface area (Å²) in [5.74, 6) is 1.61. The quantitative estimate of drug-likeness (QED) is 0.0883. The predicted molar refractivity (Wildman–Crippen MR) is 148 cm³/mol. The lowest BCUT2D eigenvalue weighted by atomic mass is 10.1. The third-order valence-corrected chi connectivity index (χ3v) is 7.96. The molecule has 0 aromatic rings. The molecule has 7 nitrogen and oxygen atoms in total. The molecule has 210 valence electrons. The number of unbranched alkanes of at least 4 members (excludes halogenated alkanes) is 11. The van der Waals surface area contributed by atoms with Gasteiger partial charge in [-0.3, -0.25) is 9.36 Å². The van der Waals surface area contributed by atoms with Crippen LogP contribution in [-0.2, 0) is 18.4 Å². The summed E-state index contributed by atoms with van der Waals surface area (Å²) in [5.41, 5.74) is 0. The van der Waals surface area contributed by atoms with Crippen molar-refractivity contribution in [2.24, 2.45) is 0 Å². The number of nitrogens with one attached hydrogen (secondary N) is 1. The Kier molecular flexibility index (Phi) is 21.9. The molecule has 35 heavy (non-hydrogen) atoms. The topological polar surface area (TPSA) is 87.7 Å². The minimum Gasteiger partial charge on any atom is -0.756 e. The molecular weight excluding hydrogens is 483 g/mol. The fourth-order valence-corrected chi connectivity index (χ4v) is 5.31. The fraction of sp³-hybridized carbons (Fsp3) is 0.962. The molecular formula is C26H55N2O5PS. The Labute approximate surface area is 220 Å². The Bertz CT molecular complexity index is 560. The van der Waals surface area contributed by atoms with Crippen molar-refractivity contribution in [3.63, 3.8) is 0 Å². The summed E-state index contributed by atoms with van der Waals surface area (Å²) in [6.45, 7) is 4.97. The Morgan fingerprint density at radius 1 is 0.886 bits per heavy atom. The highest BCUT2D eigenvalue weighted by Gasteiger charge is 2.18. The van der Waals surface area contributed by atoms with Crippen LogP contribution in [0.2, 0.25) is 0 Å². The maximum absolute atomic E-state index is 12.5. The number of nitrogens with zero attached hydrogens (tertiary/aromatic N) is 1. The molecule has 1 N–H and O–H groups in total. The second-order valence-electron chi connectivity index (χ2n) is 10.6. The molecule has 0 rings (SSSR count). The van der Waals surface area contributed by atoms with Crippen LogP contribution in [0.15, 0.2) is 0 Å². The normalized spacial score (nSPS) is 14.6. The monoisotopic (exact) mass is 538 g/mol. The van der Waals surface area contributed by atoms with Gasteiger partial charge in [-0.2, -0.15) is 11.8 Å². The first-order valence-electron chi connectivity index (χ1n) is 13.9. The van der Waals surface area contributed by atoms with Gasteiger partial charge in [-0.1, -0.05) is 84.5 Å². The molecule has 0 fully saturated rings. The number of hydrogen-bond acceptors (Lipinski definition) is 6. The number of phosphoric acid groups is 1. The molecule has 0 saturated heterocycles. The van der Waals surface area contributed by atoms with E-state index in [-0.39, 0.29) is 25.2 Å². The zero-order valence-electron chi connectivity index (χ0n) is 23.4. The minimum atomic E-state index is -4.39. The van der Waals surface area contributed by atoms with Gasteiger partial charge in [0.1, 0.15) is 13.2 Å². The molecule has 1 amide bonds. The second kappa shape index (κ2) is 21.9. The number of carbonyl (C=O) groups is 1. The summed E-state index contributed by atoms with van der Waals surface area (Å²) in [4.78, 5) is 24.7. The van der Waals surface area contributed by atoms with Gasteiger partial charge in [-0.25, -0.2) is 0 Å². The van der Waals surface area contributed by atoms with Crippen LogP contribution >= 0.6 is 19.6 Å². The molecule has 0 saturated carbocycles. The first-order chi connectivity index (χ1) is 16.6. The van der Waals surface area contributed by atoms with Gasteiger partial charge in [-0.05, 0) is 18.6 Å². The largest absolute Gasteiger partial charge is 0.756 e. The summed E-state index contributed by atoms with van der Waals surface area (Å²) < 4.78 is 22.9. The number of amides is 1. The maximum Gasteiger partial charge on any atom is 0.268 e. The summed E-state index contributed by atoms with van der Waals surface area (Å²) in [5, 5.41) is 2.99. The second-order valence-corrected chi connectivity index (χ2v) is 13.1. The molecule has 0 radical (unpaired) electrons. The number of carbonyl (C=O) groups excluding carboxylic acids is 1. The van der Waals surface area contributed by atoms with Crippen LogP contribution in [0.4, 0.5) is 0 Å². The van der Waals surface area contributed by atoms with Gasteiger partial charge in [0.15, 0.2) is 0 Å². The van der Waals surface area contributed by atoms with E-state index in [1.165, 1.54) is 64.2 Å². The van der Waals surface area contributed by atoms with E-state index in [0.29, 0.717) is 23.2 Å². The fourth-order valence-electron chi connectivity index (χ4n) is 3.53. The van der Waals surface area contributed by atoms with Crippen LogP contribution in [0.25, 0.3) is 0 Å². The van der Waals surface area contributed by atoms with E-state index in [1.807, 2.05) is 21.1 Å². The van der Waals surface area contributed by atoms with E-state index >= 15 is 0 Å². The predicted octanol–water partition coefficient (Wildman–Crippen LogP) is 5.91. The highest BCUT2D eigenvalue weighted by Crippen LogP contribution is 2.38. The summed E-state index contributed by atoms with van der Waals surface area (Å²) in [6, 6.07) is -0.346. The number of phosphoric ester groups is 1. The van der Waals surface area contributed by atoms with Crippen LogP contribution in [0.1, 0.15) is 104 Å². The maximum atomic E-state index is 12.5. The van der Waals surface area contributed by atoms with E-state index in [0.717, 1.165) is 25.0 Å². The molecule has 1 unspecified atom stereocenters. The Morgan fingerprint density at radius 2 is 1.43 bits per heavy atom. The first-order valence-corrected chi connectivity index (χ1v) is 16.5. The Balaban J connectivity index is 4.36. The molecule has 2 atom stereocenters. The number of hydrogen-bond donors (Lipinski definition) is 1. The molecule has 0 aromatic heterocycles. The smallest absolute Gasteiger partial charge is 0.268 e. The SMILES string of the molecule is CCCCCCCCCCCC(=O)N[C@@H](COP(=O)([O-])OCC[N+](C)(C)C)CSCCCCCC. The van der Waals surface area contributed by atoms with E-state index < -0.39 is 7.82 Å². The summed E-state index contributed by atoms with van der Waals surface area (Å²) in [7, 11) is 1.51. The molecule has 9 heteroatoms. The number of quaternary nitrogens is 1. The van der Waals surface area contributed by atoms with Crippen molar-refractivity contribution in [3.05, 3.63) is 0 Å². The number of thioether (sulfide) groups is 1. The Hall–Kier alpha value is -0.110. The molecule has 0 spiro atoms. The van der Waals surface area contributed by atoms with E-state index in [2.05, 4.69) is 19.2 Å². The third kappa shape index (κ3) is 25.3. The van der Waals surface area contributed by atoms with Crippen LogP contribution in [-0.4, -0.2) is 68.8 Å². The van der Waals surface area contributed by atoms with Crippen molar-refractivity contribution >= 4 is 25.5 Å². The lowest BCUT2D eigenvalue weighted by Gasteiger charge is -2.28. The average Bonchev–Trinajstić information content (AvgIpc) is 2.77. The molecule has 0 aliphatic rings. The molecule has 0 heterocycles. The van der Waals surface area contributed by atoms with Crippen LogP contribution < -0.4 is 10.2 Å². The van der Waals surface area contributed by atoms with Gasteiger partial charge in [0.2, 0.25) is 5.91 Å². The zero-order chi connectivity index (χ0) is 26.4. The number of likely N-dealkylation sites (N-methyl/N-ethyl adjacent to an activating group) is 1. The van der Waals surface area contributed by atoms with Gasteiger partial charge in [0, 0.05) is 12.2 Å². The van der Waals surface area contributed by atoms with Gasteiger partial charge in [0.05, 0.1) is 33.8 Å². The van der Waals surface area contributed by atoms with Crippen molar-refractivity contribution in [1.82, 2.24) is 5.32 Å². The van der Waals surface area contributed by atoms with Gasteiger partial charge in [-0.15, -0.1) is 0 Å². The van der Waals surface area contributed by atoms with Crippen molar-refractivity contribution in [2.75, 3.05) is 52.4 Å². The average molecular weight is 539 g/mol.